The van der Waals surface area contributed by atoms with Gasteiger partial charge in [-0.1, -0.05) is 37.3 Å². The first kappa shape index (κ1) is 24.2. The third kappa shape index (κ3) is 8.35. The number of aliphatic hydroxyl groups excluding tert-OH is 1. The van der Waals surface area contributed by atoms with Crippen LogP contribution in [0.15, 0.2) is 35.3 Å². The van der Waals surface area contributed by atoms with Gasteiger partial charge in [-0.3, -0.25) is 9.89 Å². The predicted molar refractivity (Wildman–Crippen MR) is 125 cm³/mol. The van der Waals surface area contributed by atoms with Gasteiger partial charge in [0.1, 0.15) is 0 Å². The van der Waals surface area contributed by atoms with Crippen molar-refractivity contribution in [3.05, 3.63) is 35.9 Å². The zero-order chi connectivity index (χ0) is 18.8. The molecule has 1 aliphatic heterocycles. The van der Waals surface area contributed by atoms with E-state index in [2.05, 4.69) is 48.4 Å². The van der Waals surface area contributed by atoms with E-state index < -0.39 is 0 Å². The molecular weight excluding hydrogens is 451 g/mol. The third-order valence-electron chi connectivity index (χ3n) is 5.31. The molecular formula is C21H37IN4O. The monoisotopic (exact) mass is 488 g/mol. The molecule has 27 heavy (non-hydrogen) atoms. The van der Waals surface area contributed by atoms with Crippen LogP contribution < -0.4 is 10.6 Å². The number of rotatable bonds is 8. The minimum Gasteiger partial charge on any atom is -0.396 e. The second kappa shape index (κ2) is 13.3. The van der Waals surface area contributed by atoms with E-state index in [0.29, 0.717) is 12.6 Å². The molecule has 1 aliphatic rings. The highest BCUT2D eigenvalue weighted by atomic mass is 127. The maximum Gasteiger partial charge on any atom is 0.191 e. The van der Waals surface area contributed by atoms with Crippen molar-refractivity contribution >= 4 is 29.9 Å². The molecule has 0 radical (unpaired) electrons. The van der Waals surface area contributed by atoms with Gasteiger partial charge >= 0.3 is 0 Å². The van der Waals surface area contributed by atoms with Crippen molar-refractivity contribution in [3.63, 3.8) is 0 Å². The molecule has 0 saturated carbocycles. The molecule has 1 saturated heterocycles. The highest BCUT2D eigenvalue weighted by molar-refractivity contribution is 14.0. The van der Waals surface area contributed by atoms with Crippen LogP contribution in [0.1, 0.15) is 45.1 Å². The average Bonchev–Trinajstić information content (AvgIpc) is 2.67. The van der Waals surface area contributed by atoms with Crippen LogP contribution in [0, 0.1) is 5.92 Å². The fraction of sp³-hybridized carbons (Fsp3) is 0.667. The molecule has 154 valence electrons. The van der Waals surface area contributed by atoms with E-state index in [-0.39, 0.29) is 36.5 Å². The third-order valence-corrected chi connectivity index (χ3v) is 5.31. The number of aliphatic hydroxyl groups is 1. The lowest BCUT2D eigenvalue weighted by Crippen LogP contribution is -2.43. The van der Waals surface area contributed by atoms with E-state index in [9.17, 15) is 5.11 Å². The second-order valence-electron chi connectivity index (χ2n) is 7.46. The quantitative estimate of drug-likeness (QED) is 0.299. The fourth-order valence-electron chi connectivity index (χ4n) is 3.38. The van der Waals surface area contributed by atoms with E-state index in [4.69, 9.17) is 4.99 Å². The molecule has 6 heteroatoms. The topological polar surface area (TPSA) is 59.9 Å². The summed E-state index contributed by atoms with van der Waals surface area (Å²) in [5.74, 6) is 1.76. The lowest BCUT2D eigenvalue weighted by atomic mass is 9.98. The summed E-state index contributed by atoms with van der Waals surface area (Å²) < 4.78 is 0. The van der Waals surface area contributed by atoms with Crippen LogP contribution in [-0.4, -0.2) is 61.3 Å². The largest absolute Gasteiger partial charge is 0.396 e. The molecule has 0 amide bonds. The van der Waals surface area contributed by atoms with Crippen LogP contribution in [0.4, 0.5) is 0 Å². The first-order chi connectivity index (χ1) is 12.6. The highest BCUT2D eigenvalue weighted by Crippen LogP contribution is 2.18. The SMILES string of the molecule is CCNC(=NCC(C)N1CCC(C)CC1)NCC(CO)c1ccccc1.I. The van der Waals surface area contributed by atoms with Crippen molar-refractivity contribution in [1.82, 2.24) is 15.5 Å². The summed E-state index contributed by atoms with van der Waals surface area (Å²) in [6.07, 6.45) is 2.59. The number of nitrogens with one attached hydrogen (secondary N) is 2. The van der Waals surface area contributed by atoms with Crippen molar-refractivity contribution in [1.29, 1.82) is 0 Å². The lowest BCUT2D eigenvalue weighted by molar-refractivity contribution is 0.150. The molecule has 2 rings (SSSR count). The van der Waals surface area contributed by atoms with Gasteiger partial charge in [0, 0.05) is 25.0 Å². The van der Waals surface area contributed by atoms with E-state index in [0.717, 1.165) is 30.5 Å². The van der Waals surface area contributed by atoms with Gasteiger partial charge in [0.15, 0.2) is 5.96 Å². The Labute approximate surface area is 182 Å². The summed E-state index contributed by atoms with van der Waals surface area (Å²) in [4.78, 5) is 7.33. The molecule has 0 spiro atoms. The van der Waals surface area contributed by atoms with Gasteiger partial charge in [-0.2, -0.15) is 0 Å². The Morgan fingerprint density at radius 2 is 1.89 bits per heavy atom. The fourth-order valence-corrected chi connectivity index (χ4v) is 3.38. The lowest BCUT2D eigenvalue weighted by Gasteiger charge is -2.34. The van der Waals surface area contributed by atoms with Gasteiger partial charge in [0.2, 0.25) is 0 Å². The number of likely N-dealkylation sites (tertiary alicyclic amines) is 1. The first-order valence-electron chi connectivity index (χ1n) is 10.1. The minimum atomic E-state index is 0. The van der Waals surface area contributed by atoms with Gasteiger partial charge < -0.3 is 15.7 Å². The maximum absolute atomic E-state index is 9.73. The number of hydrogen-bond acceptors (Lipinski definition) is 3. The first-order valence-corrected chi connectivity index (χ1v) is 10.1. The van der Waals surface area contributed by atoms with Crippen LogP contribution in [0.25, 0.3) is 0 Å². The normalized spacial score (nSPS) is 18.4. The van der Waals surface area contributed by atoms with Crippen molar-refractivity contribution < 1.29 is 5.11 Å². The smallest absolute Gasteiger partial charge is 0.191 e. The van der Waals surface area contributed by atoms with E-state index >= 15 is 0 Å². The second-order valence-corrected chi connectivity index (χ2v) is 7.46. The Hall–Kier alpha value is -0.860. The van der Waals surface area contributed by atoms with Gasteiger partial charge in [0.05, 0.1) is 13.2 Å². The van der Waals surface area contributed by atoms with Crippen molar-refractivity contribution in [2.75, 3.05) is 39.3 Å². The van der Waals surface area contributed by atoms with E-state index in [1.807, 2.05) is 18.2 Å². The Bertz CT molecular complexity index is 532. The zero-order valence-electron chi connectivity index (χ0n) is 17.0. The standard InChI is InChI=1S/C21H36N4O.HI/c1-4-22-21(23-14-18(3)25-12-10-17(2)11-13-25)24-15-20(16-26)19-8-6-5-7-9-19;/h5-9,17-18,20,26H,4,10-16H2,1-3H3,(H2,22,23,24);1H. The molecule has 1 aromatic rings. The molecule has 1 heterocycles. The number of benzene rings is 1. The number of guanidine groups is 1. The highest BCUT2D eigenvalue weighted by Gasteiger charge is 2.20. The number of nitrogens with zero attached hydrogens (tertiary/aromatic N) is 2. The summed E-state index contributed by atoms with van der Waals surface area (Å²) in [7, 11) is 0. The average molecular weight is 488 g/mol. The number of halogens is 1. The van der Waals surface area contributed by atoms with Crippen LogP contribution in [0.5, 0.6) is 0 Å². The maximum atomic E-state index is 9.73. The van der Waals surface area contributed by atoms with Crippen LogP contribution >= 0.6 is 24.0 Å². The number of hydrogen-bond donors (Lipinski definition) is 3. The van der Waals surface area contributed by atoms with Gasteiger partial charge in [-0.05, 0) is 51.3 Å². The van der Waals surface area contributed by atoms with E-state index in [1.165, 1.54) is 25.9 Å². The number of piperidine rings is 1. The van der Waals surface area contributed by atoms with Crippen LogP contribution in [0.3, 0.4) is 0 Å². The van der Waals surface area contributed by atoms with Crippen LogP contribution in [-0.2, 0) is 0 Å². The molecule has 2 atom stereocenters. The van der Waals surface area contributed by atoms with Gasteiger partial charge in [-0.15, -0.1) is 24.0 Å². The number of aliphatic imine (C=N–C) groups is 1. The molecule has 0 bridgehead atoms. The van der Waals surface area contributed by atoms with Crippen molar-refractivity contribution in [3.8, 4) is 0 Å². The molecule has 1 fully saturated rings. The van der Waals surface area contributed by atoms with E-state index in [1.54, 1.807) is 0 Å². The molecule has 3 N–H and O–H groups in total. The zero-order valence-corrected chi connectivity index (χ0v) is 19.4. The Balaban J connectivity index is 0.00000364. The van der Waals surface area contributed by atoms with Crippen LogP contribution in [0.2, 0.25) is 0 Å². The Kier molecular flexibility index (Phi) is 11.9. The Morgan fingerprint density at radius 3 is 2.48 bits per heavy atom. The Morgan fingerprint density at radius 1 is 1.22 bits per heavy atom. The molecule has 1 aromatic carbocycles. The summed E-state index contributed by atoms with van der Waals surface area (Å²) in [5.41, 5.74) is 1.15. The summed E-state index contributed by atoms with van der Waals surface area (Å²) >= 11 is 0. The van der Waals surface area contributed by atoms with Crippen molar-refractivity contribution in [2.24, 2.45) is 10.9 Å². The molecule has 0 aromatic heterocycles. The minimum absolute atomic E-state index is 0. The summed E-state index contributed by atoms with van der Waals surface area (Å²) in [6, 6.07) is 10.6. The predicted octanol–water partition coefficient (Wildman–Crippen LogP) is 3.06. The summed E-state index contributed by atoms with van der Waals surface area (Å²) in [6.45, 7) is 11.5. The molecule has 2 unspecified atom stereocenters. The van der Waals surface area contributed by atoms with Gasteiger partial charge in [0.25, 0.3) is 0 Å². The summed E-state index contributed by atoms with van der Waals surface area (Å²) in [5, 5.41) is 16.4. The molecule has 0 aliphatic carbocycles. The van der Waals surface area contributed by atoms with Gasteiger partial charge in [-0.25, -0.2) is 0 Å². The molecule has 5 nitrogen and oxygen atoms in total. The van der Waals surface area contributed by atoms with Crippen molar-refractivity contribution in [2.45, 2.75) is 45.6 Å².